The maximum Gasteiger partial charge on any atom is 0.465 e. The molecule has 1 unspecified atom stereocenters. The van der Waals surface area contributed by atoms with Crippen molar-refractivity contribution in [3.63, 3.8) is 0 Å². The van der Waals surface area contributed by atoms with Crippen LogP contribution < -0.4 is 5.73 Å². The molecule has 0 aromatic heterocycles. The molecule has 0 aliphatic carbocycles. The third kappa shape index (κ3) is 3.23. The van der Waals surface area contributed by atoms with E-state index in [0.29, 0.717) is 19.5 Å². The van der Waals surface area contributed by atoms with Crippen LogP contribution >= 0.6 is 0 Å². The van der Waals surface area contributed by atoms with Gasteiger partial charge in [-0.25, -0.2) is 0 Å². The van der Waals surface area contributed by atoms with Crippen molar-refractivity contribution in [1.82, 2.24) is 0 Å². The highest BCUT2D eigenvalue weighted by Gasteiger charge is 2.32. The van der Waals surface area contributed by atoms with Crippen LogP contribution in [0.3, 0.4) is 0 Å². The van der Waals surface area contributed by atoms with Gasteiger partial charge in [0.05, 0.1) is 24.6 Å². The van der Waals surface area contributed by atoms with Crippen LogP contribution in [0.4, 0.5) is 0 Å². The van der Waals surface area contributed by atoms with Crippen molar-refractivity contribution in [3.8, 4) is 0 Å². The number of aliphatic hydroxyl groups is 1. The monoisotopic (exact) mass is 251 g/mol. The summed E-state index contributed by atoms with van der Waals surface area (Å²) in [5.74, 6) is 0.776. The van der Waals surface area contributed by atoms with Crippen LogP contribution in [0, 0.1) is 0 Å². The fourth-order valence-electron chi connectivity index (χ4n) is 1.88. The number of fused-ring (bicyclic) bond motifs is 2. The first-order chi connectivity index (χ1) is 8.72. The van der Waals surface area contributed by atoms with Crippen LogP contribution in [-0.4, -0.2) is 44.2 Å². The molecule has 0 saturated carbocycles. The second kappa shape index (κ2) is 6.20. The first-order valence-electron chi connectivity index (χ1n) is 6.03. The summed E-state index contributed by atoms with van der Waals surface area (Å²) in [6.07, 6.45) is 5.43. The summed E-state index contributed by atoms with van der Waals surface area (Å²) in [4.78, 5) is 0. The van der Waals surface area contributed by atoms with Crippen LogP contribution in [0.15, 0.2) is 36.1 Å². The molecule has 3 N–H and O–H groups in total. The Bertz CT molecular complexity index is 369. The Morgan fingerprint density at radius 2 is 2.33 bits per heavy atom. The molecule has 0 amide bonds. The van der Waals surface area contributed by atoms with Crippen molar-refractivity contribution >= 4 is 7.12 Å². The molecule has 2 rings (SSSR count). The van der Waals surface area contributed by atoms with Crippen molar-refractivity contribution in [2.75, 3.05) is 19.8 Å². The van der Waals surface area contributed by atoms with Crippen molar-refractivity contribution < 1.29 is 19.2 Å². The molecule has 18 heavy (non-hydrogen) atoms. The molecular weight excluding hydrogens is 233 g/mol. The second-order valence-corrected chi connectivity index (χ2v) is 4.31. The molecule has 2 heterocycles. The molecule has 0 aromatic carbocycles. The second-order valence-electron chi connectivity index (χ2n) is 4.31. The number of ether oxygens (including phenoxy) is 1. The molecule has 0 aromatic rings. The Hall–Kier alpha value is -1.08. The van der Waals surface area contributed by atoms with Gasteiger partial charge in [0.2, 0.25) is 0 Å². The van der Waals surface area contributed by atoms with Crippen LogP contribution in [0.5, 0.6) is 0 Å². The zero-order valence-electron chi connectivity index (χ0n) is 10.2. The highest BCUT2D eigenvalue weighted by atomic mass is 16.6. The normalized spacial score (nSPS) is 33.3. The van der Waals surface area contributed by atoms with Gasteiger partial charge >= 0.3 is 7.12 Å². The number of hydrogen-bond acceptors (Lipinski definition) is 5. The number of rotatable bonds is 2. The van der Waals surface area contributed by atoms with Crippen molar-refractivity contribution in [2.45, 2.75) is 18.5 Å². The highest BCUT2D eigenvalue weighted by Crippen LogP contribution is 2.21. The predicted molar refractivity (Wildman–Crippen MR) is 68.8 cm³/mol. The smallest absolute Gasteiger partial charge is 0.465 e. The molecule has 2 bridgehead atoms. The zero-order valence-corrected chi connectivity index (χ0v) is 10.2. The fourth-order valence-corrected chi connectivity index (χ4v) is 1.88. The third-order valence-corrected chi connectivity index (χ3v) is 2.91. The van der Waals surface area contributed by atoms with E-state index in [2.05, 4.69) is 6.58 Å². The van der Waals surface area contributed by atoms with Gasteiger partial charge in [-0.1, -0.05) is 18.7 Å². The summed E-state index contributed by atoms with van der Waals surface area (Å²) in [6, 6.07) is 0. The number of nitrogens with two attached hydrogens (primary N) is 1. The Kier molecular flexibility index (Phi) is 4.60. The lowest BCUT2D eigenvalue weighted by molar-refractivity contribution is 0.0381. The zero-order chi connectivity index (χ0) is 13.0. The maximum absolute atomic E-state index is 9.17. The third-order valence-electron chi connectivity index (χ3n) is 2.91. The molecule has 2 atom stereocenters. The van der Waals surface area contributed by atoms with Crippen LogP contribution in [0.2, 0.25) is 6.32 Å². The topological polar surface area (TPSA) is 73.9 Å². The standard InChI is InChI=1S/C12H18BNO4/c1-9-3-2-4-10-5-13(18-12(9)6-14)17-11(7-15)8-16-10/h2-4,11-12,15H,1,5-8,14H2/b3-2-,10-4+/t11-,12?/m1/s1. The summed E-state index contributed by atoms with van der Waals surface area (Å²) in [5.41, 5.74) is 6.46. The first kappa shape index (κ1) is 13.4. The first-order valence-corrected chi connectivity index (χ1v) is 6.03. The van der Waals surface area contributed by atoms with Gasteiger partial charge in [0, 0.05) is 12.9 Å². The van der Waals surface area contributed by atoms with Crippen molar-refractivity contribution in [2.24, 2.45) is 5.73 Å². The summed E-state index contributed by atoms with van der Waals surface area (Å²) in [7, 11) is -0.471. The Morgan fingerprint density at radius 3 is 3.06 bits per heavy atom. The average molecular weight is 251 g/mol. The van der Waals surface area contributed by atoms with E-state index >= 15 is 0 Å². The quantitative estimate of drug-likeness (QED) is 0.687. The van der Waals surface area contributed by atoms with E-state index < -0.39 is 7.12 Å². The fraction of sp³-hybridized carbons (Fsp3) is 0.500. The van der Waals surface area contributed by atoms with Gasteiger partial charge in [-0.05, 0) is 11.6 Å². The SMILES string of the molecule is C=C1/C=C\C=C2/CB(OC1CN)O[C@H](CO)CO2. The molecule has 1 fully saturated rings. The molecule has 5 nitrogen and oxygen atoms in total. The van der Waals surface area contributed by atoms with E-state index in [1.54, 1.807) is 0 Å². The maximum atomic E-state index is 9.17. The Morgan fingerprint density at radius 1 is 1.50 bits per heavy atom. The summed E-state index contributed by atoms with van der Waals surface area (Å²) in [5, 5.41) is 9.17. The summed E-state index contributed by atoms with van der Waals surface area (Å²) in [6.45, 7) is 4.48. The van der Waals surface area contributed by atoms with Gasteiger partial charge < -0.3 is 24.9 Å². The van der Waals surface area contributed by atoms with Gasteiger partial charge in [-0.15, -0.1) is 0 Å². The van der Waals surface area contributed by atoms with E-state index in [9.17, 15) is 5.11 Å². The largest absolute Gasteiger partial charge is 0.496 e. The minimum absolute atomic E-state index is 0.1000. The van der Waals surface area contributed by atoms with Crippen LogP contribution in [0.1, 0.15) is 0 Å². The molecule has 2 aliphatic rings. The molecule has 0 radical (unpaired) electrons. The van der Waals surface area contributed by atoms with Gasteiger partial charge in [-0.2, -0.15) is 0 Å². The predicted octanol–water partition coefficient (Wildman–Crippen LogP) is 0.236. The van der Waals surface area contributed by atoms with Crippen molar-refractivity contribution in [1.29, 1.82) is 0 Å². The number of aliphatic hydroxyl groups excluding tert-OH is 1. The lowest BCUT2D eigenvalue weighted by Crippen LogP contribution is -2.37. The van der Waals surface area contributed by atoms with Crippen LogP contribution in [-0.2, 0) is 14.0 Å². The molecule has 0 spiro atoms. The van der Waals surface area contributed by atoms with E-state index in [1.807, 2.05) is 18.2 Å². The van der Waals surface area contributed by atoms with Gasteiger partial charge in [0.1, 0.15) is 6.61 Å². The Balaban J connectivity index is 2.19. The van der Waals surface area contributed by atoms with E-state index in [0.717, 1.165) is 11.3 Å². The molecule has 98 valence electrons. The van der Waals surface area contributed by atoms with Crippen molar-refractivity contribution in [3.05, 3.63) is 36.1 Å². The van der Waals surface area contributed by atoms with Gasteiger partial charge in [0.25, 0.3) is 0 Å². The van der Waals surface area contributed by atoms with E-state index in [-0.39, 0.29) is 18.8 Å². The Labute approximate surface area is 107 Å². The number of hydrogen-bond donors (Lipinski definition) is 2. The van der Waals surface area contributed by atoms with E-state index in [4.69, 9.17) is 19.8 Å². The lowest BCUT2D eigenvalue weighted by Gasteiger charge is -2.22. The van der Waals surface area contributed by atoms with Crippen LogP contribution in [0.25, 0.3) is 0 Å². The number of allylic oxidation sites excluding steroid dienone is 3. The highest BCUT2D eigenvalue weighted by molar-refractivity contribution is 6.45. The minimum Gasteiger partial charge on any atom is -0.496 e. The van der Waals surface area contributed by atoms with Gasteiger partial charge in [0.15, 0.2) is 0 Å². The average Bonchev–Trinajstić information content (AvgIpc) is 2.52. The minimum atomic E-state index is -0.471. The molecule has 2 aliphatic heterocycles. The van der Waals surface area contributed by atoms with E-state index in [1.165, 1.54) is 0 Å². The molecule has 1 saturated heterocycles. The lowest BCUT2D eigenvalue weighted by atomic mass is 9.82. The molecule has 6 heteroatoms. The molecular formula is C12H18BNO4. The summed E-state index contributed by atoms with van der Waals surface area (Å²) < 4.78 is 17.0. The summed E-state index contributed by atoms with van der Waals surface area (Å²) >= 11 is 0. The van der Waals surface area contributed by atoms with Gasteiger partial charge in [-0.3, -0.25) is 0 Å².